The lowest BCUT2D eigenvalue weighted by molar-refractivity contribution is -0.0432. The Kier molecular flexibility index (Phi) is 8.29. The molecule has 10 heteroatoms. The number of methoxy groups -OCH3 is 2. The number of fused-ring (bicyclic) bond motifs is 1. The molecule has 2 aliphatic heterocycles. The van der Waals surface area contributed by atoms with Gasteiger partial charge >= 0.3 is 6.09 Å². The smallest absolute Gasteiger partial charge is 0.410 e. The number of amides is 1. The molecule has 222 valence electrons. The van der Waals surface area contributed by atoms with Crippen molar-refractivity contribution in [3.8, 4) is 11.5 Å². The van der Waals surface area contributed by atoms with E-state index in [0.29, 0.717) is 50.0 Å². The SMILES string of the molecule is CCc1nn(Cc2ccc(OC)cc2OC)c2c1CN(c1ccc(C3CN(C(=O)OC(C)(C)C)CCO3)cc1)C2=C=O. The summed E-state index contributed by atoms with van der Waals surface area (Å²) < 4.78 is 24.4. The summed E-state index contributed by atoms with van der Waals surface area (Å²) in [7, 11) is 3.24. The molecule has 1 saturated heterocycles. The van der Waals surface area contributed by atoms with E-state index >= 15 is 0 Å². The lowest BCUT2D eigenvalue weighted by Gasteiger charge is -2.34. The van der Waals surface area contributed by atoms with Crippen LogP contribution in [0.2, 0.25) is 0 Å². The molecule has 0 aliphatic carbocycles. The highest BCUT2D eigenvalue weighted by Gasteiger charge is 2.34. The molecule has 42 heavy (non-hydrogen) atoms. The van der Waals surface area contributed by atoms with Crippen molar-refractivity contribution in [1.82, 2.24) is 14.7 Å². The molecule has 3 aromatic rings. The largest absolute Gasteiger partial charge is 0.497 e. The number of anilines is 1. The third kappa shape index (κ3) is 5.86. The van der Waals surface area contributed by atoms with Crippen LogP contribution >= 0.6 is 0 Å². The van der Waals surface area contributed by atoms with Gasteiger partial charge in [0.2, 0.25) is 0 Å². The van der Waals surface area contributed by atoms with E-state index in [1.165, 1.54) is 0 Å². The molecule has 2 aromatic carbocycles. The van der Waals surface area contributed by atoms with Gasteiger partial charge in [-0.25, -0.2) is 9.59 Å². The summed E-state index contributed by atoms with van der Waals surface area (Å²) in [6.45, 7) is 9.92. The number of hydrogen-bond acceptors (Lipinski definition) is 8. The number of hydrogen-bond donors (Lipinski definition) is 0. The van der Waals surface area contributed by atoms with Gasteiger partial charge in [-0.15, -0.1) is 0 Å². The molecule has 3 heterocycles. The van der Waals surface area contributed by atoms with Gasteiger partial charge in [-0.05, 0) is 57.0 Å². The van der Waals surface area contributed by atoms with Crippen LogP contribution in [0.25, 0.3) is 5.70 Å². The van der Waals surface area contributed by atoms with Crippen molar-refractivity contribution < 1.29 is 28.5 Å². The first-order valence-corrected chi connectivity index (χ1v) is 14.2. The molecule has 2 aliphatic rings. The maximum atomic E-state index is 12.6. The molecular formula is C32H38N4O6. The molecule has 1 aromatic heterocycles. The van der Waals surface area contributed by atoms with Crippen molar-refractivity contribution in [3.05, 3.63) is 70.5 Å². The molecule has 1 atom stereocenters. The summed E-state index contributed by atoms with van der Waals surface area (Å²) in [6.07, 6.45) is 0.134. The second-order valence-corrected chi connectivity index (χ2v) is 11.4. The first-order chi connectivity index (χ1) is 20.1. The van der Waals surface area contributed by atoms with Crippen LogP contribution in [0.1, 0.15) is 61.9 Å². The molecule has 0 radical (unpaired) electrons. The van der Waals surface area contributed by atoms with E-state index in [1.807, 2.05) is 72.8 Å². The van der Waals surface area contributed by atoms with Gasteiger partial charge in [0.25, 0.3) is 0 Å². The van der Waals surface area contributed by atoms with E-state index in [1.54, 1.807) is 19.1 Å². The van der Waals surface area contributed by atoms with Gasteiger partial charge in [0.15, 0.2) is 11.6 Å². The van der Waals surface area contributed by atoms with E-state index in [2.05, 4.69) is 12.9 Å². The minimum Gasteiger partial charge on any atom is -0.497 e. The predicted octanol–water partition coefficient (Wildman–Crippen LogP) is 5.01. The molecule has 10 nitrogen and oxygen atoms in total. The number of rotatable bonds is 7. The van der Waals surface area contributed by atoms with E-state index in [0.717, 1.165) is 40.2 Å². The van der Waals surface area contributed by atoms with Crippen LogP contribution in [-0.4, -0.2) is 66.2 Å². The van der Waals surface area contributed by atoms with E-state index in [-0.39, 0.29) is 12.2 Å². The minimum atomic E-state index is -0.557. The van der Waals surface area contributed by atoms with E-state index < -0.39 is 5.60 Å². The average Bonchev–Trinajstić information content (AvgIpc) is 3.53. The zero-order valence-corrected chi connectivity index (χ0v) is 25.1. The number of morpholine rings is 1. The van der Waals surface area contributed by atoms with Crippen LogP contribution in [0.15, 0.2) is 42.5 Å². The number of benzene rings is 2. The Morgan fingerprint density at radius 1 is 1.12 bits per heavy atom. The first kappa shape index (κ1) is 29.2. The lowest BCUT2D eigenvalue weighted by atomic mass is 10.1. The molecule has 0 saturated carbocycles. The fraction of sp³-hybridized carbons (Fsp3) is 0.438. The summed E-state index contributed by atoms with van der Waals surface area (Å²) in [4.78, 5) is 28.7. The van der Waals surface area contributed by atoms with Crippen LogP contribution in [0, 0.1) is 0 Å². The van der Waals surface area contributed by atoms with Crippen molar-refractivity contribution in [2.75, 3.05) is 38.8 Å². The Balaban J connectivity index is 1.37. The number of carbonyl (C=O) groups excluding carboxylic acids is 2. The van der Waals surface area contributed by atoms with Gasteiger partial charge in [0.1, 0.15) is 28.9 Å². The summed E-state index contributed by atoms with van der Waals surface area (Å²) >= 11 is 0. The Labute approximate surface area is 246 Å². The van der Waals surface area contributed by atoms with Crippen LogP contribution in [-0.2, 0) is 33.8 Å². The second kappa shape index (κ2) is 11.9. The summed E-state index contributed by atoms with van der Waals surface area (Å²) in [6, 6.07) is 13.6. The number of nitrogens with zero attached hydrogens (tertiary/aromatic N) is 4. The van der Waals surface area contributed by atoms with Crippen LogP contribution < -0.4 is 14.4 Å². The van der Waals surface area contributed by atoms with Gasteiger partial charge in [-0.1, -0.05) is 19.1 Å². The van der Waals surface area contributed by atoms with Gasteiger partial charge in [0.05, 0.1) is 46.2 Å². The fourth-order valence-electron chi connectivity index (χ4n) is 5.42. The molecule has 5 rings (SSSR count). The number of aryl methyl sites for hydroxylation is 1. The first-order valence-electron chi connectivity index (χ1n) is 14.2. The minimum absolute atomic E-state index is 0.267. The van der Waals surface area contributed by atoms with Crippen LogP contribution in [0.4, 0.5) is 10.5 Å². The van der Waals surface area contributed by atoms with Gasteiger partial charge < -0.3 is 28.7 Å². The monoisotopic (exact) mass is 574 g/mol. The highest BCUT2D eigenvalue weighted by molar-refractivity contribution is 5.98. The fourth-order valence-corrected chi connectivity index (χ4v) is 5.42. The topological polar surface area (TPSA) is 95.4 Å². The molecule has 1 unspecified atom stereocenters. The van der Waals surface area contributed by atoms with E-state index in [9.17, 15) is 9.59 Å². The molecule has 1 fully saturated rings. The van der Waals surface area contributed by atoms with Gasteiger partial charge in [-0.2, -0.15) is 5.10 Å². The second-order valence-electron chi connectivity index (χ2n) is 11.4. The third-order valence-corrected chi connectivity index (χ3v) is 7.48. The van der Waals surface area contributed by atoms with Crippen molar-refractivity contribution in [2.45, 2.75) is 58.9 Å². The molecule has 0 bridgehead atoms. The Hall–Kier alpha value is -4.27. The van der Waals surface area contributed by atoms with Crippen molar-refractivity contribution in [1.29, 1.82) is 0 Å². The standard InChI is InChI=1S/C32H38N4O6/c1-7-26-25-18-35(27(20-37)30(25)36(33-26)17-22-10-13-24(39-5)16-28(22)40-6)23-11-8-21(9-12-23)29-19-34(14-15-41-29)31(38)42-32(2,3)4/h8-13,16,29H,7,14-15,17-19H2,1-6H3. The quantitative estimate of drug-likeness (QED) is 0.364. The summed E-state index contributed by atoms with van der Waals surface area (Å²) in [5, 5.41) is 4.85. The molecule has 0 spiro atoms. The Bertz CT molecular complexity index is 1500. The Morgan fingerprint density at radius 3 is 2.52 bits per heavy atom. The zero-order chi connectivity index (χ0) is 30.0. The summed E-state index contributed by atoms with van der Waals surface area (Å²) in [5.74, 6) is 3.58. The van der Waals surface area contributed by atoms with Crippen molar-refractivity contribution >= 4 is 23.4 Å². The Morgan fingerprint density at radius 2 is 1.88 bits per heavy atom. The zero-order valence-electron chi connectivity index (χ0n) is 25.1. The maximum absolute atomic E-state index is 12.6. The van der Waals surface area contributed by atoms with Crippen LogP contribution in [0.3, 0.4) is 0 Å². The van der Waals surface area contributed by atoms with Crippen molar-refractivity contribution in [3.63, 3.8) is 0 Å². The van der Waals surface area contributed by atoms with Gasteiger partial charge in [-0.3, -0.25) is 4.68 Å². The molecular weight excluding hydrogens is 536 g/mol. The van der Waals surface area contributed by atoms with Gasteiger partial charge in [0, 0.05) is 29.4 Å². The van der Waals surface area contributed by atoms with E-state index in [4.69, 9.17) is 24.0 Å². The summed E-state index contributed by atoms with van der Waals surface area (Å²) in [5.41, 5.74) is 5.37. The third-order valence-electron chi connectivity index (χ3n) is 7.48. The highest BCUT2D eigenvalue weighted by atomic mass is 16.6. The predicted molar refractivity (Wildman–Crippen MR) is 158 cm³/mol. The average molecular weight is 575 g/mol. The molecule has 1 amide bonds. The molecule has 0 N–H and O–H groups in total. The van der Waals surface area contributed by atoms with Crippen LogP contribution in [0.5, 0.6) is 11.5 Å². The highest BCUT2D eigenvalue weighted by Crippen LogP contribution is 2.39. The number of ether oxygens (including phenoxy) is 4. The van der Waals surface area contributed by atoms with Crippen molar-refractivity contribution in [2.24, 2.45) is 0 Å². The normalized spacial score (nSPS) is 16.7. The number of carbonyl (C=O) groups is 1. The number of aromatic nitrogens is 2. The lowest BCUT2D eigenvalue weighted by Crippen LogP contribution is -2.44. The maximum Gasteiger partial charge on any atom is 0.410 e.